The summed E-state index contributed by atoms with van der Waals surface area (Å²) >= 11 is 3.00. The third-order valence-electron chi connectivity index (χ3n) is 3.17. The number of hydrogen-bond donors (Lipinski definition) is 1. The van der Waals surface area contributed by atoms with E-state index in [2.05, 4.69) is 36.3 Å². The minimum atomic E-state index is -0.0245. The van der Waals surface area contributed by atoms with Crippen LogP contribution in [0.4, 0.5) is 5.13 Å². The zero-order chi connectivity index (χ0) is 15.3. The molecule has 0 unspecified atom stereocenters. The maximum Gasteiger partial charge on any atom is 0.233 e. The highest BCUT2D eigenvalue weighted by Gasteiger charge is 2.17. The third kappa shape index (κ3) is 5.82. The summed E-state index contributed by atoms with van der Waals surface area (Å²) in [5, 5.41) is 12.4. The van der Waals surface area contributed by atoms with Gasteiger partial charge in [0.05, 0.1) is 5.75 Å². The van der Waals surface area contributed by atoms with Crippen molar-refractivity contribution in [2.24, 2.45) is 0 Å². The Kier molecular flexibility index (Phi) is 5.87. The van der Waals surface area contributed by atoms with E-state index < -0.39 is 0 Å². The number of carbonyl (C=O) groups excluding carboxylic acids is 1. The highest BCUT2D eigenvalue weighted by atomic mass is 32.2. The molecule has 0 spiro atoms. The molecule has 0 radical (unpaired) electrons. The van der Waals surface area contributed by atoms with E-state index in [1.165, 1.54) is 35.9 Å². The van der Waals surface area contributed by atoms with Crippen molar-refractivity contribution < 1.29 is 4.79 Å². The van der Waals surface area contributed by atoms with Crippen molar-refractivity contribution >= 4 is 34.1 Å². The number of anilines is 1. The van der Waals surface area contributed by atoms with Crippen molar-refractivity contribution in [3.05, 3.63) is 0 Å². The fourth-order valence-electron chi connectivity index (χ4n) is 2.17. The van der Waals surface area contributed by atoms with Crippen LogP contribution in [-0.2, 0) is 4.79 Å². The second-order valence-electron chi connectivity index (χ2n) is 6.33. The summed E-state index contributed by atoms with van der Waals surface area (Å²) in [6.07, 6.45) is 4.76. The van der Waals surface area contributed by atoms with E-state index in [4.69, 9.17) is 0 Å². The quantitative estimate of drug-likeness (QED) is 0.860. The Morgan fingerprint density at radius 1 is 1.24 bits per heavy atom. The van der Waals surface area contributed by atoms with Gasteiger partial charge >= 0.3 is 0 Å². The predicted molar refractivity (Wildman–Crippen MR) is 89.1 cm³/mol. The summed E-state index contributed by atoms with van der Waals surface area (Å²) in [6, 6.07) is 0. The van der Waals surface area contributed by atoms with Crippen LogP contribution >= 0.6 is 23.1 Å². The van der Waals surface area contributed by atoms with Crippen LogP contribution in [0.5, 0.6) is 0 Å². The Morgan fingerprint density at radius 2 is 1.90 bits per heavy atom. The van der Waals surface area contributed by atoms with Gasteiger partial charge in [-0.3, -0.25) is 4.79 Å². The first-order valence-electron chi connectivity index (χ1n) is 7.46. The van der Waals surface area contributed by atoms with Gasteiger partial charge in [0, 0.05) is 18.6 Å². The summed E-state index contributed by atoms with van der Waals surface area (Å²) in [6.45, 7) is 8.08. The predicted octanol–water partition coefficient (Wildman–Crippen LogP) is 3.24. The lowest BCUT2D eigenvalue weighted by atomic mass is 10.1. The summed E-state index contributed by atoms with van der Waals surface area (Å²) in [4.78, 5) is 14.2. The van der Waals surface area contributed by atoms with Crippen molar-refractivity contribution in [1.29, 1.82) is 0 Å². The molecule has 0 aliphatic carbocycles. The van der Waals surface area contributed by atoms with Gasteiger partial charge in [-0.25, -0.2) is 0 Å². The molecule has 0 aromatic carbocycles. The number of nitrogens with zero attached hydrogens (tertiary/aromatic N) is 3. The molecule has 0 atom stereocenters. The molecule has 118 valence electrons. The molecule has 1 amide bonds. The third-order valence-corrected chi connectivity index (χ3v) is 5.12. The molecule has 1 aliphatic heterocycles. The van der Waals surface area contributed by atoms with Crippen LogP contribution in [0.3, 0.4) is 0 Å². The molecule has 1 aromatic heterocycles. The molecule has 2 heterocycles. The molecular formula is C14H24N4OS2. The van der Waals surface area contributed by atoms with E-state index in [9.17, 15) is 4.79 Å². The smallest absolute Gasteiger partial charge is 0.233 e. The summed E-state index contributed by atoms with van der Waals surface area (Å²) < 4.78 is 0.852. The lowest BCUT2D eigenvalue weighted by Crippen LogP contribution is -2.33. The van der Waals surface area contributed by atoms with Gasteiger partial charge in [0.15, 0.2) is 4.34 Å². The Hall–Kier alpha value is -0.820. The lowest BCUT2D eigenvalue weighted by Gasteiger charge is -2.19. The van der Waals surface area contributed by atoms with Crippen LogP contribution < -0.4 is 5.32 Å². The van der Waals surface area contributed by atoms with E-state index in [0.29, 0.717) is 5.75 Å². The molecule has 1 aliphatic rings. The molecule has 0 saturated carbocycles. The monoisotopic (exact) mass is 328 g/mol. The number of rotatable bonds is 4. The average Bonchev–Trinajstić information content (AvgIpc) is 2.66. The Bertz CT molecular complexity index is 462. The molecule has 21 heavy (non-hydrogen) atoms. The van der Waals surface area contributed by atoms with Gasteiger partial charge in [0.25, 0.3) is 0 Å². The number of amides is 1. The van der Waals surface area contributed by atoms with Crippen LogP contribution in [0.25, 0.3) is 0 Å². The van der Waals surface area contributed by atoms with Gasteiger partial charge in [0.2, 0.25) is 11.0 Å². The first-order chi connectivity index (χ1) is 9.94. The minimum Gasteiger partial charge on any atom is -0.355 e. The Balaban J connectivity index is 1.81. The standard InChI is InChI=1S/C14H24N4OS2/c1-14(2,3)15-12-16-17-13(21-12)20-10-11(19)18-8-6-4-5-7-9-18/h4-10H2,1-3H3,(H,15,16). The highest BCUT2D eigenvalue weighted by Crippen LogP contribution is 2.27. The average molecular weight is 329 g/mol. The summed E-state index contributed by atoms with van der Waals surface area (Å²) in [5.74, 6) is 0.687. The maximum absolute atomic E-state index is 12.2. The van der Waals surface area contributed by atoms with Crippen LogP contribution in [0.2, 0.25) is 0 Å². The van der Waals surface area contributed by atoms with E-state index in [0.717, 1.165) is 35.4 Å². The molecule has 0 bridgehead atoms. The first-order valence-corrected chi connectivity index (χ1v) is 9.26. The van der Waals surface area contributed by atoms with Gasteiger partial charge in [0.1, 0.15) is 0 Å². The van der Waals surface area contributed by atoms with Gasteiger partial charge in [-0.1, -0.05) is 35.9 Å². The van der Waals surface area contributed by atoms with Gasteiger partial charge in [-0.15, -0.1) is 10.2 Å². The largest absolute Gasteiger partial charge is 0.355 e. The van der Waals surface area contributed by atoms with Crippen LogP contribution in [0.15, 0.2) is 4.34 Å². The van der Waals surface area contributed by atoms with Gasteiger partial charge in [-0.05, 0) is 33.6 Å². The van der Waals surface area contributed by atoms with Crippen molar-refractivity contribution in [2.75, 3.05) is 24.2 Å². The zero-order valence-electron chi connectivity index (χ0n) is 13.0. The van der Waals surface area contributed by atoms with E-state index >= 15 is 0 Å². The highest BCUT2D eigenvalue weighted by molar-refractivity contribution is 8.01. The van der Waals surface area contributed by atoms with Gasteiger partial charge < -0.3 is 10.2 Å². The van der Waals surface area contributed by atoms with Crippen LogP contribution in [0.1, 0.15) is 46.5 Å². The van der Waals surface area contributed by atoms with Crippen LogP contribution in [-0.4, -0.2) is 45.4 Å². The number of nitrogens with one attached hydrogen (secondary N) is 1. The molecule has 2 rings (SSSR count). The topological polar surface area (TPSA) is 58.1 Å². The van der Waals surface area contributed by atoms with E-state index in [-0.39, 0.29) is 11.4 Å². The molecule has 1 aromatic rings. The van der Waals surface area contributed by atoms with Crippen molar-refractivity contribution in [3.8, 4) is 0 Å². The molecule has 7 heteroatoms. The summed E-state index contributed by atoms with van der Waals surface area (Å²) in [5.41, 5.74) is -0.0245. The SMILES string of the molecule is CC(C)(C)Nc1nnc(SCC(=O)N2CCCCCC2)s1. The number of aromatic nitrogens is 2. The second-order valence-corrected chi connectivity index (χ2v) is 8.53. The minimum absolute atomic E-state index is 0.0245. The molecule has 5 nitrogen and oxygen atoms in total. The summed E-state index contributed by atoms with van der Waals surface area (Å²) in [7, 11) is 0. The number of hydrogen-bond acceptors (Lipinski definition) is 6. The maximum atomic E-state index is 12.2. The molecule has 1 saturated heterocycles. The normalized spacial score (nSPS) is 16.6. The molecule has 1 fully saturated rings. The Labute approximate surface area is 134 Å². The molecule has 1 N–H and O–H groups in total. The first kappa shape index (κ1) is 16.5. The number of carbonyl (C=O) groups is 1. The van der Waals surface area contributed by atoms with Crippen molar-refractivity contribution in [2.45, 2.75) is 56.3 Å². The number of likely N-dealkylation sites (tertiary alicyclic amines) is 1. The van der Waals surface area contributed by atoms with Crippen molar-refractivity contribution in [1.82, 2.24) is 15.1 Å². The van der Waals surface area contributed by atoms with E-state index in [1.54, 1.807) is 0 Å². The fourth-order valence-corrected chi connectivity index (χ4v) is 4.04. The van der Waals surface area contributed by atoms with E-state index in [1.807, 2.05) is 4.90 Å². The fraction of sp³-hybridized carbons (Fsp3) is 0.786. The van der Waals surface area contributed by atoms with Gasteiger partial charge in [-0.2, -0.15) is 0 Å². The molecular weight excluding hydrogens is 304 g/mol. The number of thioether (sulfide) groups is 1. The Morgan fingerprint density at radius 3 is 2.52 bits per heavy atom. The zero-order valence-corrected chi connectivity index (χ0v) is 14.6. The second kappa shape index (κ2) is 7.45. The van der Waals surface area contributed by atoms with Crippen LogP contribution in [0, 0.1) is 0 Å². The van der Waals surface area contributed by atoms with Crippen molar-refractivity contribution in [3.63, 3.8) is 0 Å². The lowest BCUT2D eigenvalue weighted by molar-refractivity contribution is -0.128.